The molecule has 1 fully saturated rings. The molecule has 0 bridgehead atoms. The molecule has 3 nitrogen and oxygen atoms in total. The Morgan fingerprint density at radius 3 is 2.62 bits per heavy atom. The van der Waals surface area contributed by atoms with Gasteiger partial charge in [-0.05, 0) is 12.0 Å². The first-order valence-corrected chi connectivity index (χ1v) is 5.60. The number of hydrogen-bond acceptors (Lipinski definition) is 2. The van der Waals surface area contributed by atoms with E-state index in [4.69, 9.17) is 0 Å². The van der Waals surface area contributed by atoms with Gasteiger partial charge in [0, 0.05) is 18.4 Å². The SMILES string of the molecule is CC(C)c1ccnn1CCN1CC(F)(F)C1. The predicted octanol–water partition coefficient (Wildman–Crippen LogP) is 1.96. The quantitative estimate of drug-likeness (QED) is 0.787. The molecule has 1 saturated heterocycles. The van der Waals surface area contributed by atoms with Crippen molar-refractivity contribution in [2.75, 3.05) is 19.6 Å². The summed E-state index contributed by atoms with van der Waals surface area (Å²) in [5.74, 6) is -2.05. The van der Waals surface area contributed by atoms with Gasteiger partial charge < -0.3 is 0 Å². The summed E-state index contributed by atoms with van der Waals surface area (Å²) < 4.78 is 27.1. The molecular formula is C11H17F2N3. The zero-order valence-corrected chi connectivity index (χ0v) is 9.66. The molecule has 0 amide bonds. The van der Waals surface area contributed by atoms with E-state index in [2.05, 4.69) is 18.9 Å². The highest BCUT2D eigenvalue weighted by molar-refractivity contribution is 5.05. The Bertz CT molecular complexity index is 352. The molecule has 0 saturated carbocycles. The highest BCUT2D eigenvalue weighted by Gasteiger charge is 2.43. The van der Waals surface area contributed by atoms with E-state index in [1.165, 1.54) is 0 Å². The Morgan fingerprint density at radius 2 is 2.06 bits per heavy atom. The van der Waals surface area contributed by atoms with Gasteiger partial charge in [-0.1, -0.05) is 13.8 Å². The van der Waals surface area contributed by atoms with Gasteiger partial charge in [0.15, 0.2) is 0 Å². The molecule has 2 rings (SSSR count). The standard InChI is InChI=1S/C11H17F2N3/c1-9(2)10-3-4-14-16(10)6-5-15-7-11(12,13)8-15/h3-4,9H,5-8H2,1-2H3. The minimum Gasteiger partial charge on any atom is -0.290 e. The number of aromatic nitrogens is 2. The van der Waals surface area contributed by atoms with Gasteiger partial charge in [-0.3, -0.25) is 9.58 Å². The average Bonchev–Trinajstić information content (AvgIpc) is 2.58. The summed E-state index contributed by atoms with van der Waals surface area (Å²) in [5.41, 5.74) is 1.16. The molecule has 0 atom stereocenters. The van der Waals surface area contributed by atoms with Crippen molar-refractivity contribution in [1.29, 1.82) is 0 Å². The van der Waals surface area contributed by atoms with Crippen molar-refractivity contribution in [3.05, 3.63) is 18.0 Å². The summed E-state index contributed by atoms with van der Waals surface area (Å²) >= 11 is 0. The third kappa shape index (κ3) is 2.40. The van der Waals surface area contributed by atoms with Gasteiger partial charge in [0.1, 0.15) is 0 Å². The topological polar surface area (TPSA) is 21.1 Å². The van der Waals surface area contributed by atoms with E-state index in [9.17, 15) is 8.78 Å². The maximum atomic E-state index is 12.6. The third-order valence-corrected chi connectivity index (χ3v) is 2.88. The molecular weight excluding hydrogens is 212 g/mol. The van der Waals surface area contributed by atoms with Crippen LogP contribution in [-0.2, 0) is 6.54 Å². The molecule has 1 aromatic rings. The second-order valence-corrected chi connectivity index (χ2v) is 4.70. The molecule has 1 aliphatic heterocycles. The van der Waals surface area contributed by atoms with Crippen LogP contribution in [0.3, 0.4) is 0 Å². The van der Waals surface area contributed by atoms with Crippen LogP contribution < -0.4 is 0 Å². The van der Waals surface area contributed by atoms with Crippen molar-refractivity contribution in [3.8, 4) is 0 Å². The van der Waals surface area contributed by atoms with Crippen LogP contribution in [0.15, 0.2) is 12.3 Å². The summed E-state index contributed by atoms with van der Waals surface area (Å²) in [7, 11) is 0. The van der Waals surface area contributed by atoms with Gasteiger partial charge >= 0.3 is 0 Å². The largest absolute Gasteiger partial charge is 0.290 e. The van der Waals surface area contributed by atoms with Crippen molar-refractivity contribution in [3.63, 3.8) is 0 Å². The van der Waals surface area contributed by atoms with Crippen LogP contribution in [0, 0.1) is 0 Å². The Hall–Kier alpha value is -0.970. The van der Waals surface area contributed by atoms with Crippen LogP contribution >= 0.6 is 0 Å². The van der Waals surface area contributed by atoms with Gasteiger partial charge in [-0.2, -0.15) is 5.10 Å². The molecule has 0 spiro atoms. The van der Waals surface area contributed by atoms with Crippen molar-refractivity contribution in [2.24, 2.45) is 0 Å². The number of rotatable bonds is 4. The maximum absolute atomic E-state index is 12.6. The lowest BCUT2D eigenvalue weighted by atomic mass is 10.1. The van der Waals surface area contributed by atoms with Crippen molar-refractivity contribution < 1.29 is 8.78 Å². The number of nitrogens with zero attached hydrogens (tertiary/aromatic N) is 3. The van der Waals surface area contributed by atoms with Crippen LogP contribution in [0.4, 0.5) is 8.78 Å². The fourth-order valence-electron chi connectivity index (χ4n) is 2.02. The first kappa shape index (κ1) is 11.5. The zero-order valence-electron chi connectivity index (χ0n) is 9.66. The van der Waals surface area contributed by atoms with E-state index in [0.29, 0.717) is 19.0 Å². The number of likely N-dealkylation sites (tertiary alicyclic amines) is 1. The molecule has 1 aliphatic rings. The van der Waals surface area contributed by atoms with E-state index >= 15 is 0 Å². The first-order chi connectivity index (χ1) is 7.48. The van der Waals surface area contributed by atoms with Crippen LogP contribution in [0.25, 0.3) is 0 Å². The van der Waals surface area contributed by atoms with Crippen molar-refractivity contribution in [1.82, 2.24) is 14.7 Å². The Kier molecular flexibility index (Phi) is 2.97. The lowest BCUT2D eigenvalue weighted by Gasteiger charge is -2.38. The lowest BCUT2D eigenvalue weighted by Crippen LogP contribution is -2.56. The predicted molar refractivity (Wildman–Crippen MR) is 57.7 cm³/mol. The molecule has 16 heavy (non-hydrogen) atoms. The molecule has 0 N–H and O–H groups in total. The number of hydrogen-bond donors (Lipinski definition) is 0. The highest BCUT2D eigenvalue weighted by Crippen LogP contribution is 2.26. The number of alkyl halides is 2. The monoisotopic (exact) mass is 229 g/mol. The maximum Gasteiger partial charge on any atom is 0.272 e. The Labute approximate surface area is 94.0 Å². The van der Waals surface area contributed by atoms with Crippen molar-refractivity contribution in [2.45, 2.75) is 32.2 Å². The fraction of sp³-hybridized carbons (Fsp3) is 0.727. The van der Waals surface area contributed by atoms with Gasteiger partial charge in [0.2, 0.25) is 0 Å². The normalized spacial score (nSPS) is 20.1. The molecule has 0 aliphatic carbocycles. The lowest BCUT2D eigenvalue weighted by molar-refractivity contribution is -0.131. The molecule has 5 heteroatoms. The minimum absolute atomic E-state index is 0.106. The van der Waals surface area contributed by atoms with Crippen LogP contribution in [0.2, 0.25) is 0 Å². The minimum atomic E-state index is -2.47. The molecule has 90 valence electrons. The number of halogens is 2. The van der Waals surface area contributed by atoms with Gasteiger partial charge in [-0.15, -0.1) is 0 Å². The second kappa shape index (κ2) is 4.13. The van der Waals surface area contributed by atoms with E-state index in [-0.39, 0.29) is 13.1 Å². The molecule has 0 aromatic carbocycles. The van der Waals surface area contributed by atoms with E-state index in [1.54, 1.807) is 11.1 Å². The summed E-state index contributed by atoms with van der Waals surface area (Å²) in [6.07, 6.45) is 1.76. The zero-order chi connectivity index (χ0) is 11.8. The first-order valence-electron chi connectivity index (χ1n) is 5.60. The Morgan fingerprint density at radius 1 is 1.38 bits per heavy atom. The van der Waals surface area contributed by atoms with Crippen molar-refractivity contribution >= 4 is 0 Å². The van der Waals surface area contributed by atoms with E-state index in [1.807, 2.05) is 10.7 Å². The van der Waals surface area contributed by atoms with E-state index in [0.717, 1.165) is 5.69 Å². The summed E-state index contributed by atoms with van der Waals surface area (Å²) in [6, 6.07) is 1.98. The summed E-state index contributed by atoms with van der Waals surface area (Å²) in [6.45, 7) is 5.33. The average molecular weight is 229 g/mol. The Balaban J connectivity index is 1.84. The van der Waals surface area contributed by atoms with Gasteiger partial charge in [-0.25, -0.2) is 8.78 Å². The molecule has 0 unspecified atom stereocenters. The third-order valence-electron chi connectivity index (χ3n) is 2.88. The van der Waals surface area contributed by atoms with Crippen LogP contribution in [-0.4, -0.2) is 40.2 Å². The highest BCUT2D eigenvalue weighted by atomic mass is 19.3. The smallest absolute Gasteiger partial charge is 0.272 e. The van der Waals surface area contributed by atoms with Crippen LogP contribution in [0.1, 0.15) is 25.5 Å². The van der Waals surface area contributed by atoms with Gasteiger partial charge in [0.25, 0.3) is 5.92 Å². The molecule has 2 heterocycles. The molecule has 1 aromatic heterocycles. The summed E-state index contributed by atoms with van der Waals surface area (Å²) in [5, 5.41) is 4.21. The van der Waals surface area contributed by atoms with E-state index < -0.39 is 5.92 Å². The fourth-order valence-corrected chi connectivity index (χ4v) is 2.02. The second-order valence-electron chi connectivity index (χ2n) is 4.70. The van der Waals surface area contributed by atoms with Gasteiger partial charge in [0.05, 0.1) is 19.6 Å². The van der Waals surface area contributed by atoms with Crippen LogP contribution in [0.5, 0.6) is 0 Å². The molecule has 0 radical (unpaired) electrons. The summed E-state index contributed by atoms with van der Waals surface area (Å²) in [4.78, 5) is 1.76.